The molecule has 0 unspecified atom stereocenters. The summed E-state index contributed by atoms with van der Waals surface area (Å²) in [5.74, 6) is 0.546. The molecule has 1 aliphatic rings. The van der Waals surface area contributed by atoms with Gasteiger partial charge in [0.1, 0.15) is 19.3 Å². The fraction of sp³-hybridized carbons (Fsp3) is 0.250. The van der Waals surface area contributed by atoms with Crippen LogP contribution in [0.15, 0.2) is 67.0 Å². The van der Waals surface area contributed by atoms with Crippen LogP contribution in [-0.4, -0.2) is 44.8 Å². The van der Waals surface area contributed by atoms with Crippen molar-refractivity contribution >= 4 is 27.3 Å². The van der Waals surface area contributed by atoms with Gasteiger partial charge in [0.25, 0.3) is 0 Å². The summed E-state index contributed by atoms with van der Waals surface area (Å²) in [5, 5.41) is 2.81. The first-order chi connectivity index (χ1) is 15.8. The van der Waals surface area contributed by atoms with E-state index >= 15 is 0 Å². The average Bonchev–Trinajstić information content (AvgIpc) is 2.80. The van der Waals surface area contributed by atoms with Crippen LogP contribution in [0.4, 0.5) is 11.4 Å². The highest BCUT2D eigenvalue weighted by atomic mass is 32.2. The van der Waals surface area contributed by atoms with Crippen LogP contribution in [0.25, 0.3) is 0 Å². The van der Waals surface area contributed by atoms with E-state index in [0.717, 1.165) is 28.1 Å². The van der Waals surface area contributed by atoms with E-state index in [4.69, 9.17) is 9.47 Å². The minimum atomic E-state index is -3.75. The summed E-state index contributed by atoms with van der Waals surface area (Å²) in [6.45, 7) is 2.36. The molecule has 1 aliphatic heterocycles. The van der Waals surface area contributed by atoms with Crippen molar-refractivity contribution in [3.8, 4) is 11.5 Å². The first-order valence-electron chi connectivity index (χ1n) is 10.5. The molecule has 0 fully saturated rings. The van der Waals surface area contributed by atoms with Gasteiger partial charge in [-0.1, -0.05) is 12.1 Å². The summed E-state index contributed by atoms with van der Waals surface area (Å²) < 4.78 is 37.3. The van der Waals surface area contributed by atoms with Crippen LogP contribution in [0.3, 0.4) is 0 Å². The number of benzene rings is 2. The van der Waals surface area contributed by atoms with Gasteiger partial charge in [-0.3, -0.25) is 14.1 Å². The molecule has 8 nitrogen and oxygen atoms in total. The fourth-order valence-corrected chi connectivity index (χ4v) is 4.83. The van der Waals surface area contributed by atoms with Gasteiger partial charge in [-0.05, 0) is 60.9 Å². The Morgan fingerprint density at radius 2 is 1.64 bits per heavy atom. The van der Waals surface area contributed by atoms with Crippen molar-refractivity contribution in [3.05, 3.63) is 78.1 Å². The second-order valence-electron chi connectivity index (χ2n) is 7.78. The Bertz CT molecular complexity index is 1230. The fourth-order valence-electron chi connectivity index (χ4n) is 3.67. The molecule has 2 heterocycles. The van der Waals surface area contributed by atoms with Crippen molar-refractivity contribution in [3.63, 3.8) is 0 Å². The molecule has 0 spiro atoms. The molecule has 1 N–H and O–H groups in total. The highest BCUT2D eigenvalue weighted by Gasteiger charge is 2.30. The Labute approximate surface area is 193 Å². The molecule has 1 aromatic heterocycles. The highest BCUT2D eigenvalue weighted by Crippen LogP contribution is 2.35. The molecule has 0 radical (unpaired) electrons. The first kappa shape index (κ1) is 22.6. The van der Waals surface area contributed by atoms with Gasteiger partial charge in [-0.25, -0.2) is 8.42 Å². The molecule has 9 heteroatoms. The number of sulfonamides is 1. The van der Waals surface area contributed by atoms with Crippen LogP contribution in [-0.2, 0) is 21.2 Å². The number of anilines is 2. The predicted octanol–water partition coefficient (Wildman–Crippen LogP) is 3.24. The summed E-state index contributed by atoms with van der Waals surface area (Å²) >= 11 is 0. The minimum absolute atomic E-state index is 0.331. The summed E-state index contributed by atoms with van der Waals surface area (Å²) in [6, 6.07) is 15.2. The molecular weight excluding hydrogens is 442 g/mol. The number of pyridine rings is 1. The minimum Gasteiger partial charge on any atom is -0.486 e. The van der Waals surface area contributed by atoms with Crippen molar-refractivity contribution in [2.45, 2.75) is 19.4 Å². The molecule has 0 saturated heterocycles. The molecule has 1 amide bonds. The number of carbonyl (C=O) groups excluding carboxylic acids is 1. The quantitative estimate of drug-likeness (QED) is 0.573. The van der Waals surface area contributed by atoms with Crippen molar-refractivity contribution in [1.29, 1.82) is 0 Å². The molecule has 3 aromatic rings. The molecular formula is C24H25N3O5S. The van der Waals surface area contributed by atoms with Crippen LogP contribution in [0, 0.1) is 0 Å². The third-order valence-electron chi connectivity index (χ3n) is 5.25. The molecule has 2 aromatic carbocycles. The SMILES string of the molecule is C[C@@H](C(=O)Nc1ccc(Cc2ccncc2)cc1)N(c1ccc2c(c1)OCCO2)S(C)(=O)=O. The number of hydrogen-bond donors (Lipinski definition) is 1. The second-order valence-corrected chi connectivity index (χ2v) is 9.64. The standard InChI is InChI=1S/C24H25N3O5S/c1-17(27(33(2,29)30)21-7-8-22-23(16-21)32-14-13-31-22)24(28)26-20-5-3-18(4-6-20)15-19-9-11-25-12-10-19/h3-12,16-17H,13-15H2,1-2H3,(H,26,28)/t17-/m0/s1. The number of rotatable bonds is 7. The summed E-state index contributed by atoms with van der Waals surface area (Å²) in [5.41, 5.74) is 3.14. The number of ether oxygens (including phenoxy) is 2. The van der Waals surface area contributed by atoms with Gasteiger partial charge in [0, 0.05) is 24.1 Å². The van der Waals surface area contributed by atoms with Crippen molar-refractivity contribution in [1.82, 2.24) is 4.98 Å². The Balaban J connectivity index is 1.49. The van der Waals surface area contributed by atoms with Gasteiger partial charge in [-0.15, -0.1) is 0 Å². The lowest BCUT2D eigenvalue weighted by molar-refractivity contribution is -0.116. The Hall–Kier alpha value is -3.59. The van der Waals surface area contributed by atoms with Crippen molar-refractivity contribution in [2.24, 2.45) is 0 Å². The van der Waals surface area contributed by atoms with Gasteiger partial charge in [0.15, 0.2) is 11.5 Å². The van der Waals surface area contributed by atoms with E-state index in [2.05, 4.69) is 10.3 Å². The lowest BCUT2D eigenvalue weighted by atomic mass is 10.1. The largest absolute Gasteiger partial charge is 0.486 e. The van der Waals surface area contributed by atoms with Crippen LogP contribution >= 0.6 is 0 Å². The van der Waals surface area contributed by atoms with Crippen LogP contribution < -0.4 is 19.1 Å². The monoisotopic (exact) mass is 467 g/mol. The Kier molecular flexibility index (Phi) is 6.50. The predicted molar refractivity (Wildman–Crippen MR) is 126 cm³/mol. The van der Waals surface area contributed by atoms with Crippen LogP contribution in [0.1, 0.15) is 18.1 Å². The molecule has 0 aliphatic carbocycles. The lowest BCUT2D eigenvalue weighted by Crippen LogP contribution is -2.45. The summed E-state index contributed by atoms with van der Waals surface area (Å²) in [7, 11) is -3.75. The third kappa shape index (κ3) is 5.43. The normalized spacial score (nSPS) is 13.8. The number of nitrogens with one attached hydrogen (secondary N) is 1. The molecule has 1 atom stereocenters. The van der Waals surface area contributed by atoms with Crippen molar-refractivity contribution in [2.75, 3.05) is 29.1 Å². The molecule has 0 bridgehead atoms. The van der Waals surface area contributed by atoms with Gasteiger partial charge >= 0.3 is 0 Å². The Morgan fingerprint density at radius 1 is 1.00 bits per heavy atom. The van der Waals surface area contributed by atoms with Crippen LogP contribution in [0.5, 0.6) is 11.5 Å². The molecule has 0 saturated carbocycles. The lowest BCUT2D eigenvalue weighted by Gasteiger charge is -2.29. The number of hydrogen-bond acceptors (Lipinski definition) is 6. The summed E-state index contributed by atoms with van der Waals surface area (Å²) in [4.78, 5) is 17.0. The maximum absolute atomic E-state index is 13.0. The van der Waals surface area contributed by atoms with Gasteiger partial charge in [0.2, 0.25) is 15.9 Å². The van der Waals surface area contributed by atoms with Crippen molar-refractivity contribution < 1.29 is 22.7 Å². The third-order valence-corrected chi connectivity index (χ3v) is 6.49. The smallest absolute Gasteiger partial charge is 0.247 e. The molecule has 4 rings (SSSR count). The zero-order valence-electron chi connectivity index (χ0n) is 18.4. The van der Waals surface area contributed by atoms with Crippen LogP contribution in [0.2, 0.25) is 0 Å². The zero-order chi connectivity index (χ0) is 23.4. The number of aromatic nitrogens is 1. The van der Waals surface area contributed by atoms with E-state index in [0.29, 0.717) is 36.1 Å². The first-order valence-corrected chi connectivity index (χ1v) is 12.3. The van der Waals surface area contributed by atoms with E-state index in [-0.39, 0.29) is 0 Å². The molecule has 172 valence electrons. The highest BCUT2D eigenvalue weighted by molar-refractivity contribution is 7.92. The van der Waals surface area contributed by atoms with Gasteiger partial charge < -0.3 is 14.8 Å². The molecule has 33 heavy (non-hydrogen) atoms. The summed E-state index contributed by atoms with van der Waals surface area (Å²) in [6.07, 6.45) is 5.32. The average molecular weight is 468 g/mol. The maximum atomic E-state index is 13.0. The van der Waals surface area contributed by atoms with E-state index in [9.17, 15) is 13.2 Å². The number of nitrogens with zero attached hydrogens (tertiary/aromatic N) is 2. The topological polar surface area (TPSA) is 97.8 Å². The number of carbonyl (C=O) groups is 1. The van der Waals surface area contributed by atoms with E-state index < -0.39 is 22.0 Å². The van der Waals surface area contributed by atoms with E-state index in [1.54, 1.807) is 49.6 Å². The maximum Gasteiger partial charge on any atom is 0.247 e. The second kappa shape index (κ2) is 9.50. The number of fused-ring (bicyclic) bond motifs is 1. The van der Waals surface area contributed by atoms with Gasteiger partial charge in [0.05, 0.1) is 11.9 Å². The van der Waals surface area contributed by atoms with Gasteiger partial charge in [-0.2, -0.15) is 0 Å². The van der Waals surface area contributed by atoms with E-state index in [1.165, 1.54) is 0 Å². The zero-order valence-corrected chi connectivity index (χ0v) is 19.2. The Morgan fingerprint density at radius 3 is 2.30 bits per heavy atom. The van der Waals surface area contributed by atoms with E-state index in [1.807, 2.05) is 24.3 Å². The number of amides is 1.